The van der Waals surface area contributed by atoms with Crippen molar-refractivity contribution in [3.05, 3.63) is 93.3 Å². The quantitative estimate of drug-likeness (QED) is 0.467. The number of piperidine rings is 2. The van der Waals surface area contributed by atoms with Crippen LogP contribution >= 0.6 is 0 Å². The van der Waals surface area contributed by atoms with Crippen molar-refractivity contribution in [2.24, 2.45) is 0 Å². The van der Waals surface area contributed by atoms with E-state index in [2.05, 4.69) is 35.1 Å². The smallest absolute Gasteiger partial charge is 0.196 e. The van der Waals surface area contributed by atoms with Crippen LogP contribution in [0, 0.1) is 0 Å². The Labute approximate surface area is 275 Å². The van der Waals surface area contributed by atoms with Gasteiger partial charge in [-0.1, -0.05) is 37.8 Å². The van der Waals surface area contributed by atoms with Crippen LogP contribution in [0.4, 0.5) is 0 Å². The number of hydrogen-bond acceptors (Lipinski definition) is 9. The fraction of sp³-hybridized carbons (Fsp3) is 0.500. The molecular weight excluding hydrogens is 596 g/mol. The molecule has 2 aromatic rings. The zero-order chi connectivity index (χ0) is 31.7. The number of nitrogens with zero attached hydrogens (tertiary/aromatic N) is 2. The summed E-state index contributed by atoms with van der Waals surface area (Å²) >= 11 is 0. The summed E-state index contributed by atoms with van der Waals surface area (Å²) in [5.74, 6) is 2.32. The van der Waals surface area contributed by atoms with Gasteiger partial charge in [0.2, 0.25) is 0 Å². The molecule has 9 nitrogen and oxygen atoms in total. The fourth-order valence-electron chi connectivity index (χ4n) is 10.5. The monoisotopic (exact) mass is 640 g/mol. The number of methoxy groups -OCH3 is 1. The predicted octanol–water partition coefficient (Wildman–Crippen LogP) is 2.85. The predicted molar refractivity (Wildman–Crippen MR) is 175 cm³/mol. The van der Waals surface area contributed by atoms with Crippen LogP contribution in [-0.2, 0) is 46.4 Å². The van der Waals surface area contributed by atoms with Crippen molar-refractivity contribution in [1.82, 2.24) is 9.80 Å². The topological polar surface area (TPSA) is 112 Å². The SMILES string of the molecule is C.CN1CC[C@]23c4c5ccc(CO)c4O[C@H]2C(=O)C=C[C@@]3(O)[C@H]1C5.COC1=CC=C2[C@H]3Cc4ccc(CO)c5c4[C@@]2(CCN3C)[C@H]1O5. The number of aliphatic hydroxyl groups is 3. The molecule has 4 heterocycles. The van der Waals surface area contributed by atoms with E-state index in [9.17, 15) is 20.1 Å². The van der Waals surface area contributed by atoms with Crippen LogP contribution in [0.15, 0.2) is 59.9 Å². The van der Waals surface area contributed by atoms with Gasteiger partial charge in [-0.2, -0.15) is 0 Å². The van der Waals surface area contributed by atoms with E-state index in [1.165, 1.54) is 22.8 Å². The van der Waals surface area contributed by atoms with E-state index < -0.39 is 17.1 Å². The highest BCUT2D eigenvalue weighted by Gasteiger charge is 2.71. The van der Waals surface area contributed by atoms with E-state index in [0.29, 0.717) is 23.8 Å². The van der Waals surface area contributed by atoms with E-state index in [4.69, 9.17) is 14.2 Å². The van der Waals surface area contributed by atoms with Gasteiger partial charge in [0.05, 0.1) is 31.2 Å². The maximum atomic E-state index is 12.5. The summed E-state index contributed by atoms with van der Waals surface area (Å²) in [5.41, 5.74) is 5.87. The number of hydrogen-bond donors (Lipinski definition) is 3. The summed E-state index contributed by atoms with van der Waals surface area (Å²) in [6, 6.07) is 8.47. The number of carbonyl (C=O) groups excluding carboxylic acids is 1. The third-order valence-electron chi connectivity index (χ3n) is 12.6. The standard InChI is InChI=1S/C19H21NO3.C18H19NO4.CH4/c1-20-8-7-19-13-5-6-15(22-2)18(19)23-17-12(10-21)4-3-11(16(17)19)9-14(13)20;1-19-7-6-17-14-10-2-3-11(9-20)15(14)23-16(17)12(21)4-5-18(17,22)13(19)8-10;/h3-6,14,18,21H,7-10H2,1-2H3;2-5,13,16,20,22H,6-9H2,1H3;1H4/t14-,18+,19+;13-,16+,17+,18-;/m11./s1. The van der Waals surface area contributed by atoms with E-state index in [1.807, 2.05) is 25.2 Å². The summed E-state index contributed by atoms with van der Waals surface area (Å²) < 4.78 is 18.2. The number of allylic oxidation sites excluding steroid dienone is 2. The Bertz CT molecular complexity index is 1800. The maximum Gasteiger partial charge on any atom is 0.196 e. The van der Waals surface area contributed by atoms with Crippen LogP contribution in [0.1, 0.15) is 53.6 Å². The molecule has 248 valence electrons. The number of likely N-dealkylation sites (tertiary alicyclic amines) is 2. The molecule has 7 atom stereocenters. The van der Waals surface area contributed by atoms with Gasteiger partial charge in [-0.3, -0.25) is 14.6 Å². The minimum atomic E-state index is -1.11. The molecule has 8 aliphatic rings. The highest BCUT2D eigenvalue weighted by atomic mass is 16.5. The average molecular weight is 641 g/mol. The van der Waals surface area contributed by atoms with Crippen LogP contribution in [0.25, 0.3) is 0 Å². The molecule has 0 aromatic heterocycles. The van der Waals surface area contributed by atoms with E-state index in [1.54, 1.807) is 13.2 Å². The second-order valence-electron chi connectivity index (χ2n) is 14.3. The lowest BCUT2D eigenvalue weighted by Crippen LogP contribution is -2.74. The summed E-state index contributed by atoms with van der Waals surface area (Å²) in [6.07, 6.45) is 10.2. The van der Waals surface area contributed by atoms with Crippen molar-refractivity contribution in [3.63, 3.8) is 0 Å². The van der Waals surface area contributed by atoms with Crippen molar-refractivity contribution in [2.45, 2.75) is 87.0 Å². The second kappa shape index (κ2) is 10.3. The molecule has 0 radical (unpaired) electrons. The first-order valence-electron chi connectivity index (χ1n) is 16.4. The number of benzene rings is 2. The summed E-state index contributed by atoms with van der Waals surface area (Å²) in [6.45, 7) is 1.76. The van der Waals surface area contributed by atoms with Gasteiger partial charge in [0.25, 0.3) is 0 Å². The van der Waals surface area contributed by atoms with Crippen LogP contribution in [0.3, 0.4) is 0 Å². The third kappa shape index (κ3) is 3.54. The molecule has 3 N–H and O–H groups in total. The Balaban J connectivity index is 0.000000135. The first kappa shape index (κ1) is 30.8. The van der Waals surface area contributed by atoms with Crippen LogP contribution in [-0.4, -0.2) is 95.1 Å². The molecule has 4 bridgehead atoms. The van der Waals surface area contributed by atoms with Gasteiger partial charge in [0, 0.05) is 34.3 Å². The molecule has 4 aliphatic carbocycles. The van der Waals surface area contributed by atoms with Gasteiger partial charge < -0.3 is 29.5 Å². The van der Waals surface area contributed by atoms with E-state index in [-0.39, 0.29) is 44.0 Å². The second-order valence-corrected chi connectivity index (χ2v) is 14.3. The Kier molecular flexibility index (Phi) is 6.74. The van der Waals surface area contributed by atoms with Gasteiger partial charge in [0.15, 0.2) is 18.0 Å². The molecule has 2 saturated heterocycles. The Morgan fingerprint density at radius 2 is 1.55 bits per heavy atom. The van der Waals surface area contributed by atoms with Crippen molar-refractivity contribution in [1.29, 1.82) is 0 Å². The number of carbonyl (C=O) groups is 1. The van der Waals surface area contributed by atoms with Crippen molar-refractivity contribution < 1.29 is 34.3 Å². The average Bonchev–Trinajstić information content (AvgIpc) is 3.61. The third-order valence-corrected chi connectivity index (χ3v) is 12.6. The molecule has 2 fully saturated rings. The van der Waals surface area contributed by atoms with Crippen molar-refractivity contribution in [2.75, 3.05) is 34.3 Å². The van der Waals surface area contributed by atoms with E-state index in [0.717, 1.165) is 60.6 Å². The van der Waals surface area contributed by atoms with Crippen molar-refractivity contribution in [3.8, 4) is 11.5 Å². The minimum absolute atomic E-state index is 0. The molecular formula is C38H44N2O7. The molecule has 9 heteroatoms. The highest BCUT2D eigenvalue weighted by Crippen LogP contribution is 2.63. The molecule has 0 unspecified atom stereocenters. The number of ketones is 1. The Morgan fingerprint density at radius 1 is 0.894 bits per heavy atom. The van der Waals surface area contributed by atoms with E-state index >= 15 is 0 Å². The minimum Gasteiger partial charge on any atom is -0.497 e. The van der Waals surface area contributed by atoms with Crippen LogP contribution in [0.2, 0.25) is 0 Å². The van der Waals surface area contributed by atoms with Crippen molar-refractivity contribution >= 4 is 5.78 Å². The van der Waals surface area contributed by atoms with Gasteiger partial charge in [0.1, 0.15) is 22.9 Å². The number of aliphatic hydroxyl groups excluding tert-OH is 2. The molecule has 4 aliphatic heterocycles. The first-order valence-corrected chi connectivity index (χ1v) is 16.4. The zero-order valence-corrected chi connectivity index (χ0v) is 26.5. The molecule has 47 heavy (non-hydrogen) atoms. The lowest BCUT2D eigenvalue weighted by Gasteiger charge is -2.60. The highest BCUT2D eigenvalue weighted by molar-refractivity contribution is 5.98. The summed E-state index contributed by atoms with van der Waals surface area (Å²) in [7, 11) is 5.96. The molecule has 2 aromatic carbocycles. The van der Waals surface area contributed by atoms with Gasteiger partial charge in [-0.25, -0.2) is 0 Å². The number of ether oxygens (including phenoxy) is 3. The fourth-order valence-corrected chi connectivity index (χ4v) is 10.5. The first-order chi connectivity index (χ1) is 22.2. The Morgan fingerprint density at radius 3 is 2.26 bits per heavy atom. The van der Waals surface area contributed by atoms with Gasteiger partial charge in [-0.05, 0) is 87.8 Å². The lowest BCUT2D eigenvalue weighted by molar-refractivity contribution is -0.151. The van der Waals surface area contributed by atoms with Gasteiger partial charge in [-0.15, -0.1) is 0 Å². The number of likely N-dealkylation sites (N-methyl/N-ethyl adjacent to an activating group) is 2. The van der Waals surface area contributed by atoms with Crippen LogP contribution in [0.5, 0.6) is 11.5 Å². The molecule has 0 amide bonds. The Hall–Kier alpha value is -3.47. The molecule has 2 spiro atoms. The zero-order valence-electron chi connectivity index (χ0n) is 26.5. The molecule has 0 saturated carbocycles. The lowest BCUT2D eigenvalue weighted by atomic mass is 9.51. The van der Waals surface area contributed by atoms with Gasteiger partial charge >= 0.3 is 0 Å². The normalized spacial score (nSPS) is 36.0. The molecule has 10 rings (SSSR count). The number of rotatable bonds is 3. The summed E-state index contributed by atoms with van der Waals surface area (Å²) in [5, 5.41) is 31.0. The summed E-state index contributed by atoms with van der Waals surface area (Å²) in [4.78, 5) is 17.2. The van der Waals surface area contributed by atoms with Crippen LogP contribution < -0.4 is 9.47 Å². The largest absolute Gasteiger partial charge is 0.497 e. The maximum absolute atomic E-state index is 12.5.